The van der Waals surface area contributed by atoms with Crippen molar-refractivity contribution >= 4 is 34.7 Å². The summed E-state index contributed by atoms with van der Waals surface area (Å²) in [7, 11) is 0. The van der Waals surface area contributed by atoms with Crippen LogP contribution in [0.2, 0.25) is 0 Å². The Morgan fingerprint density at radius 1 is 1.15 bits per heavy atom. The molecule has 168 valence electrons. The molecule has 2 aromatic heterocycles. The van der Waals surface area contributed by atoms with Crippen LogP contribution in [0.3, 0.4) is 0 Å². The van der Waals surface area contributed by atoms with Gasteiger partial charge < -0.3 is 5.32 Å². The van der Waals surface area contributed by atoms with Crippen molar-refractivity contribution in [3.05, 3.63) is 82.6 Å². The van der Waals surface area contributed by atoms with Gasteiger partial charge in [0.15, 0.2) is 11.0 Å². The lowest BCUT2D eigenvalue weighted by atomic mass is 10.0. The number of benzene rings is 2. The van der Waals surface area contributed by atoms with Gasteiger partial charge in [0.05, 0.1) is 5.75 Å². The predicted molar refractivity (Wildman–Crippen MR) is 139 cm³/mol. The highest BCUT2D eigenvalue weighted by Crippen LogP contribution is 2.39. The van der Waals surface area contributed by atoms with E-state index in [2.05, 4.69) is 52.6 Å². The SMILES string of the molecule is C=CCn1c(SCC(=O)Nc2ccc(C)cc2C)nnc1-c1csc(C)c1-c1ccccc1. The van der Waals surface area contributed by atoms with Gasteiger partial charge in [0.2, 0.25) is 5.91 Å². The number of anilines is 1. The number of nitrogens with one attached hydrogen (secondary N) is 1. The number of carbonyl (C=O) groups is 1. The molecule has 0 radical (unpaired) electrons. The van der Waals surface area contributed by atoms with Crippen LogP contribution in [0.4, 0.5) is 5.69 Å². The molecule has 33 heavy (non-hydrogen) atoms. The molecular formula is C26H26N4OS2. The molecule has 0 spiro atoms. The summed E-state index contributed by atoms with van der Waals surface area (Å²) in [4.78, 5) is 13.8. The summed E-state index contributed by atoms with van der Waals surface area (Å²) in [5.74, 6) is 0.963. The Morgan fingerprint density at radius 3 is 2.67 bits per heavy atom. The van der Waals surface area contributed by atoms with Gasteiger partial charge in [-0.2, -0.15) is 0 Å². The van der Waals surface area contributed by atoms with Crippen molar-refractivity contribution in [1.82, 2.24) is 14.8 Å². The van der Waals surface area contributed by atoms with E-state index in [1.54, 1.807) is 11.3 Å². The van der Waals surface area contributed by atoms with Gasteiger partial charge in [-0.1, -0.05) is 65.9 Å². The number of thiophene rings is 1. The first-order valence-electron chi connectivity index (χ1n) is 10.7. The first-order valence-corrected chi connectivity index (χ1v) is 12.5. The second kappa shape index (κ2) is 10.2. The zero-order chi connectivity index (χ0) is 23.4. The highest BCUT2D eigenvalue weighted by Gasteiger charge is 2.20. The van der Waals surface area contributed by atoms with Crippen molar-refractivity contribution in [2.75, 3.05) is 11.1 Å². The Hall–Kier alpha value is -3.16. The van der Waals surface area contributed by atoms with Gasteiger partial charge in [-0.3, -0.25) is 9.36 Å². The Labute approximate surface area is 202 Å². The number of aryl methyl sites for hydroxylation is 3. The van der Waals surface area contributed by atoms with Crippen molar-refractivity contribution < 1.29 is 4.79 Å². The maximum atomic E-state index is 12.6. The van der Waals surface area contributed by atoms with Crippen molar-refractivity contribution in [3.8, 4) is 22.5 Å². The number of thioether (sulfide) groups is 1. The van der Waals surface area contributed by atoms with Crippen LogP contribution in [-0.4, -0.2) is 26.4 Å². The van der Waals surface area contributed by atoms with E-state index in [0.29, 0.717) is 11.7 Å². The van der Waals surface area contributed by atoms with E-state index in [0.717, 1.165) is 28.2 Å². The molecule has 5 nitrogen and oxygen atoms in total. The molecule has 0 bridgehead atoms. The van der Waals surface area contributed by atoms with Gasteiger partial charge in [0.25, 0.3) is 0 Å². The van der Waals surface area contributed by atoms with Crippen LogP contribution in [0.5, 0.6) is 0 Å². The first kappa shape index (κ1) is 23.0. The minimum atomic E-state index is -0.0713. The molecule has 0 atom stereocenters. The molecule has 0 unspecified atom stereocenters. The number of allylic oxidation sites excluding steroid dienone is 1. The van der Waals surface area contributed by atoms with Crippen molar-refractivity contribution in [2.24, 2.45) is 0 Å². The lowest BCUT2D eigenvalue weighted by Crippen LogP contribution is -2.15. The fourth-order valence-corrected chi connectivity index (χ4v) is 5.35. The Morgan fingerprint density at radius 2 is 1.94 bits per heavy atom. The van der Waals surface area contributed by atoms with E-state index in [1.807, 2.05) is 54.8 Å². The summed E-state index contributed by atoms with van der Waals surface area (Å²) < 4.78 is 2.02. The molecule has 0 saturated carbocycles. The smallest absolute Gasteiger partial charge is 0.234 e. The number of amides is 1. The summed E-state index contributed by atoms with van der Waals surface area (Å²) >= 11 is 3.08. The van der Waals surface area contributed by atoms with E-state index in [9.17, 15) is 4.79 Å². The Bertz CT molecular complexity index is 1290. The Kier molecular flexibility index (Phi) is 7.11. The third-order valence-corrected chi connectivity index (χ3v) is 7.17. The summed E-state index contributed by atoms with van der Waals surface area (Å²) in [6, 6.07) is 16.3. The molecular weight excluding hydrogens is 448 g/mol. The maximum Gasteiger partial charge on any atom is 0.234 e. The lowest BCUT2D eigenvalue weighted by Gasteiger charge is -2.11. The van der Waals surface area contributed by atoms with E-state index in [-0.39, 0.29) is 11.7 Å². The van der Waals surface area contributed by atoms with Gasteiger partial charge in [-0.15, -0.1) is 28.1 Å². The highest BCUT2D eigenvalue weighted by atomic mass is 32.2. The van der Waals surface area contributed by atoms with Crippen LogP contribution >= 0.6 is 23.1 Å². The first-order chi connectivity index (χ1) is 16.0. The third kappa shape index (κ3) is 5.10. The fourth-order valence-electron chi connectivity index (χ4n) is 3.74. The average molecular weight is 475 g/mol. The molecule has 1 N–H and O–H groups in total. The minimum Gasteiger partial charge on any atom is -0.325 e. The summed E-state index contributed by atoms with van der Waals surface area (Å²) in [6.45, 7) is 10.6. The van der Waals surface area contributed by atoms with Crippen LogP contribution in [0.25, 0.3) is 22.5 Å². The van der Waals surface area contributed by atoms with E-state index in [1.165, 1.54) is 27.8 Å². The molecule has 0 fully saturated rings. The fraction of sp³-hybridized carbons (Fsp3) is 0.192. The molecule has 0 aliphatic carbocycles. The second-order valence-corrected chi connectivity index (χ2v) is 9.83. The lowest BCUT2D eigenvalue weighted by molar-refractivity contribution is -0.113. The molecule has 0 aliphatic heterocycles. The topological polar surface area (TPSA) is 59.8 Å². The molecule has 4 rings (SSSR count). The predicted octanol–water partition coefficient (Wildman–Crippen LogP) is 6.52. The average Bonchev–Trinajstić information content (AvgIpc) is 3.38. The molecule has 0 saturated heterocycles. The van der Waals surface area contributed by atoms with E-state index >= 15 is 0 Å². The number of hydrogen-bond acceptors (Lipinski definition) is 5. The summed E-state index contributed by atoms with van der Waals surface area (Å²) in [5, 5.41) is 14.7. The summed E-state index contributed by atoms with van der Waals surface area (Å²) in [5.41, 5.74) is 6.42. The quantitative estimate of drug-likeness (QED) is 0.233. The van der Waals surface area contributed by atoms with Gasteiger partial charge in [0.1, 0.15) is 0 Å². The zero-order valence-electron chi connectivity index (χ0n) is 19.0. The molecule has 0 aliphatic rings. The Balaban J connectivity index is 1.57. The molecule has 7 heteroatoms. The van der Waals surface area contributed by atoms with Crippen LogP contribution in [0.1, 0.15) is 16.0 Å². The standard InChI is InChI=1S/C26H26N4OS2/c1-5-13-30-25(21-15-32-19(4)24(21)20-9-7-6-8-10-20)28-29-26(30)33-16-23(31)27-22-12-11-17(2)14-18(22)3/h5-12,14-15H,1,13,16H2,2-4H3,(H,27,31). The van der Waals surface area contributed by atoms with Crippen LogP contribution in [-0.2, 0) is 11.3 Å². The van der Waals surface area contributed by atoms with Crippen LogP contribution < -0.4 is 5.32 Å². The molecule has 1 amide bonds. The van der Waals surface area contributed by atoms with Gasteiger partial charge >= 0.3 is 0 Å². The number of aromatic nitrogens is 3. The number of hydrogen-bond donors (Lipinski definition) is 1. The molecule has 4 aromatic rings. The monoisotopic (exact) mass is 474 g/mol. The number of nitrogens with zero attached hydrogens (tertiary/aromatic N) is 3. The second-order valence-electron chi connectivity index (χ2n) is 7.81. The van der Waals surface area contributed by atoms with Crippen molar-refractivity contribution in [3.63, 3.8) is 0 Å². The zero-order valence-corrected chi connectivity index (χ0v) is 20.6. The third-order valence-electron chi connectivity index (χ3n) is 5.30. The molecule has 2 heterocycles. The molecule has 2 aromatic carbocycles. The summed E-state index contributed by atoms with van der Waals surface area (Å²) in [6.07, 6.45) is 1.83. The normalized spacial score (nSPS) is 10.9. The minimum absolute atomic E-state index is 0.0713. The van der Waals surface area contributed by atoms with Gasteiger partial charge in [0, 0.05) is 33.6 Å². The van der Waals surface area contributed by atoms with E-state index in [4.69, 9.17) is 0 Å². The van der Waals surface area contributed by atoms with Crippen LogP contribution in [0.15, 0.2) is 71.7 Å². The van der Waals surface area contributed by atoms with Crippen molar-refractivity contribution in [1.29, 1.82) is 0 Å². The van der Waals surface area contributed by atoms with Gasteiger partial charge in [-0.25, -0.2) is 0 Å². The maximum absolute atomic E-state index is 12.6. The van der Waals surface area contributed by atoms with Gasteiger partial charge in [-0.05, 0) is 38.0 Å². The number of rotatable bonds is 8. The van der Waals surface area contributed by atoms with Crippen molar-refractivity contribution in [2.45, 2.75) is 32.5 Å². The highest BCUT2D eigenvalue weighted by molar-refractivity contribution is 7.99. The van der Waals surface area contributed by atoms with Crippen LogP contribution in [0, 0.1) is 20.8 Å². The van der Waals surface area contributed by atoms with E-state index < -0.39 is 0 Å². The number of carbonyl (C=O) groups excluding carboxylic acids is 1. The largest absolute Gasteiger partial charge is 0.325 e.